The largest absolute Gasteiger partial charge is 0.460 e. The maximum Gasteiger partial charge on any atom is 0.414 e. The van der Waals surface area contributed by atoms with Gasteiger partial charge in [-0.15, -0.1) is 0 Å². The molecule has 0 aromatic heterocycles. The van der Waals surface area contributed by atoms with Gasteiger partial charge in [0, 0.05) is 11.8 Å². The molecule has 1 amide bonds. The molecule has 94 valence electrons. The minimum absolute atomic E-state index is 0.0888. The van der Waals surface area contributed by atoms with Crippen molar-refractivity contribution in [1.82, 2.24) is 0 Å². The molecular weight excluding hydrogens is 234 g/mol. The van der Waals surface area contributed by atoms with Crippen molar-refractivity contribution in [2.24, 2.45) is 0 Å². The van der Waals surface area contributed by atoms with E-state index in [0.717, 1.165) is 11.8 Å². The number of ether oxygens (including phenoxy) is 2. The van der Waals surface area contributed by atoms with Gasteiger partial charge < -0.3 is 9.47 Å². The number of nitrogens with zero attached hydrogens (tertiary/aromatic N) is 1. The summed E-state index contributed by atoms with van der Waals surface area (Å²) in [6.07, 6.45) is 0.658. The standard InChI is InChI=1S/C13H13NO4/c1-2-12(15)17-8-11-9-18-13(16)14(11)10-6-4-3-5-7-10/h2-7,11H,1,8-9H2. The second-order valence-electron chi connectivity index (χ2n) is 3.77. The second-order valence-corrected chi connectivity index (χ2v) is 3.77. The highest BCUT2D eigenvalue weighted by atomic mass is 16.6. The molecule has 1 aromatic carbocycles. The Morgan fingerprint density at radius 3 is 2.89 bits per heavy atom. The number of para-hydroxylation sites is 1. The number of cyclic esters (lactones) is 1. The monoisotopic (exact) mass is 247 g/mol. The normalized spacial score (nSPS) is 18.3. The number of amides is 1. The van der Waals surface area contributed by atoms with E-state index in [1.54, 1.807) is 12.1 Å². The average Bonchev–Trinajstić information content (AvgIpc) is 2.78. The van der Waals surface area contributed by atoms with E-state index in [1.165, 1.54) is 4.90 Å². The van der Waals surface area contributed by atoms with Crippen molar-refractivity contribution in [3.8, 4) is 0 Å². The van der Waals surface area contributed by atoms with Crippen LogP contribution in [-0.2, 0) is 14.3 Å². The molecular formula is C13H13NO4. The second kappa shape index (κ2) is 5.35. The molecule has 0 spiro atoms. The molecule has 0 saturated carbocycles. The predicted octanol–water partition coefficient (Wildman–Crippen LogP) is 1.74. The van der Waals surface area contributed by atoms with Gasteiger partial charge in [0.2, 0.25) is 0 Å². The van der Waals surface area contributed by atoms with Gasteiger partial charge >= 0.3 is 12.1 Å². The van der Waals surface area contributed by atoms with E-state index in [0.29, 0.717) is 0 Å². The van der Waals surface area contributed by atoms with E-state index in [1.807, 2.05) is 18.2 Å². The topological polar surface area (TPSA) is 55.8 Å². The van der Waals surface area contributed by atoms with Crippen molar-refractivity contribution < 1.29 is 19.1 Å². The van der Waals surface area contributed by atoms with Crippen LogP contribution in [-0.4, -0.2) is 31.3 Å². The number of benzene rings is 1. The zero-order valence-electron chi connectivity index (χ0n) is 9.74. The van der Waals surface area contributed by atoms with Gasteiger partial charge in [0.25, 0.3) is 0 Å². The first-order valence-corrected chi connectivity index (χ1v) is 5.52. The Hall–Kier alpha value is -2.30. The Morgan fingerprint density at radius 2 is 2.22 bits per heavy atom. The third kappa shape index (κ3) is 2.51. The summed E-state index contributed by atoms with van der Waals surface area (Å²) < 4.78 is 9.91. The molecule has 0 N–H and O–H groups in total. The average molecular weight is 247 g/mol. The van der Waals surface area contributed by atoms with Crippen LogP contribution in [0, 0.1) is 0 Å². The van der Waals surface area contributed by atoms with Crippen LogP contribution in [0.2, 0.25) is 0 Å². The lowest BCUT2D eigenvalue weighted by atomic mass is 10.2. The quantitative estimate of drug-likeness (QED) is 0.600. The Bertz CT molecular complexity index is 457. The van der Waals surface area contributed by atoms with Crippen LogP contribution in [0.4, 0.5) is 10.5 Å². The Balaban J connectivity index is 2.08. The summed E-state index contributed by atoms with van der Waals surface area (Å²) in [6.45, 7) is 3.61. The Morgan fingerprint density at radius 1 is 1.50 bits per heavy atom. The summed E-state index contributed by atoms with van der Waals surface area (Å²) in [7, 11) is 0. The molecule has 0 aliphatic carbocycles. The van der Waals surface area contributed by atoms with Gasteiger partial charge in [-0.3, -0.25) is 4.90 Å². The third-order valence-corrected chi connectivity index (χ3v) is 2.58. The number of esters is 1. The molecule has 1 aromatic rings. The molecule has 1 aliphatic heterocycles. The molecule has 18 heavy (non-hydrogen) atoms. The van der Waals surface area contributed by atoms with Gasteiger partial charge in [-0.2, -0.15) is 0 Å². The smallest absolute Gasteiger partial charge is 0.414 e. The van der Waals surface area contributed by atoms with Crippen LogP contribution in [0.25, 0.3) is 0 Å². The lowest BCUT2D eigenvalue weighted by molar-refractivity contribution is -0.138. The van der Waals surface area contributed by atoms with E-state index in [-0.39, 0.29) is 19.3 Å². The molecule has 0 bridgehead atoms. The maximum atomic E-state index is 11.6. The van der Waals surface area contributed by atoms with Crippen molar-refractivity contribution in [3.63, 3.8) is 0 Å². The van der Waals surface area contributed by atoms with Crippen molar-refractivity contribution in [2.45, 2.75) is 6.04 Å². The number of carbonyl (C=O) groups excluding carboxylic acids is 2. The summed E-state index contributed by atoms with van der Waals surface area (Å²) in [4.78, 5) is 24.1. The van der Waals surface area contributed by atoms with Gasteiger partial charge in [0.15, 0.2) is 0 Å². The zero-order valence-corrected chi connectivity index (χ0v) is 9.74. The van der Waals surface area contributed by atoms with Crippen molar-refractivity contribution >= 4 is 17.7 Å². The molecule has 1 saturated heterocycles. The molecule has 1 fully saturated rings. The lowest BCUT2D eigenvalue weighted by Gasteiger charge is -2.20. The van der Waals surface area contributed by atoms with Crippen LogP contribution in [0.15, 0.2) is 43.0 Å². The number of hydrogen-bond donors (Lipinski definition) is 0. The fourth-order valence-corrected chi connectivity index (χ4v) is 1.73. The van der Waals surface area contributed by atoms with E-state index in [2.05, 4.69) is 6.58 Å². The highest BCUT2D eigenvalue weighted by Crippen LogP contribution is 2.22. The fraction of sp³-hybridized carbons (Fsp3) is 0.231. The number of hydrogen-bond acceptors (Lipinski definition) is 4. The van der Waals surface area contributed by atoms with E-state index in [9.17, 15) is 9.59 Å². The molecule has 5 nitrogen and oxygen atoms in total. The predicted molar refractivity (Wildman–Crippen MR) is 65.2 cm³/mol. The van der Waals surface area contributed by atoms with Crippen LogP contribution >= 0.6 is 0 Å². The van der Waals surface area contributed by atoms with Crippen LogP contribution in [0.3, 0.4) is 0 Å². The Kier molecular flexibility index (Phi) is 3.62. The van der Waals surface area contributed by atoms with E-state index >= 15 is 0 Å². The third-order valence-electron chi connectivity index (χ3n) is 2.58. The van der Waals surface area contributed by atoms with Crippen molar-refractivity contribution in [1.29, 1.82) is 0 Å². The molecule has 1 unspecified atom stereocenters. The van der Waals surface area contributed by atoms with Crippen LogP contribution in [0.5, 0.6) is 0 Å². The summed E-state index contributed by atoms with van der Waals surface area (Å²) in [6, 6.07) is 8.81. The highest BCUT2D eigenvalue weighted by molar-refractivity contribution is 5.90. The minimum Gasteiger partial charge on any atom is -0.460 e. The van der Waals surface area contributed by atoms with Crippen LogP contribution < -0.4 is 4.90 Å². The fourth-order valence-electron chi connectivity index (χ4n) is 1.73. The molecule has 1 heterocycles. The number of anilines is 1. The van der Waals surface area contributed by atoms with Gasteiger partial charge in [-0.25, -0.2) is 9.59 Å². The van der Waals surface area contributed by atoms with Crippen molar-refractivity contribution in [2.75, 3.05) is 18.1 Å². The summed E-state index contributed by atoms with van der Waals surface area (Å²) in [5.41, 5.74) is 0.722. The van der Waals surface area contributed by atoms with Gasteiger partial charge in [0.1, 0.15) is 19.3 Å². The van der Waals surface area contributed by atoms with E-state index < -0.39 is 12.1 Å². The number of rotatable bonds is 4. The lowest BCUT2D eigenvalue weighted by Crippen LogP contribution is -2.37. The molecule has 1 aliphatic rings. The molecule has 5 heteroatoms. The highest BCUT2D eigenvalue weighted by Gasteiger charge is 2.34. The van der Waals surface area contributed by atoms with Crippen molar-refractivity contribution in [3.05, 3.63) is 43.0 Å². The first-order valence-electron chi connectivity index (χ1n) is 5.52. The molecule has 1 atom stereocenters. The van der Waals surface area contributed by atoms with Gasteiger partial charge in [-0.05, 0) is 12.1 Å². The maximum absolute atomic E-state index is 11.6. The number of carbonyl (C=O) groups is 2. The first kappa shape index (κ1) is 12.2. The zero-order chi connectivity index (χ0) is 13.0. The summed E-state index contributed by atoms with van der Waals surface area (Å²) >= 11 is 0. The van der Waals surface area contributed by atoms with Gasteiger partial charge in [-0.1, -0.05) is 24.8 Å². The first-order chi connectivity index (χ1) is 8.72. The minimum atomic E-state index is -0.512. The summed E-state index contributed by atoms with van der Waals surface area (Å²) in [5, 5.41) is 0. The molecule has 2 rings (SSSR count). The van der Waals surface area contributed by atoms with Crippen LogP contribution in [0.1, 0.15) is 0 Å². The van der Waals surface area contributed by atoms with Gasteiger partial charge in [0.05, 0.1) is 0 Å². The summed E-state index contributed by atoms with van der Waals surface area (Å²) in [5.74, 6) is -0.512. The SMILES string of the molecule is C=CC(=O)OCC1COC(=O)N1c1ccccc1. The molecule has 0 radical (unpaired) electrons. The Labute approximate surface area is 105 Å². The van der Waals surface area contributed by atoms with E-state index in [4.69, 9.17) is 9.47 Å².